The van der Waals surface area contributed by atoms with Gasteiger partial charge in [0.05, 0.1) is 5.02 Å². The third kappa shape index (κ3) is 3.72. The monoisotopic (exact) mass is 273 g/mol. The molecule has 1 aromatic carbocycles. The number of unbranched alkanes of at least 4 members (excludes halogenated alkanes) is 1. The first-order valence-corrected chi connectivity index (χ1v) is 5.71. The Hall–Kier alpha value is -0.470. The molecule has 0 fully saturated rings. The average molecular weight is 275 g/mol. The van der Waals surface area contributed by atoms with Crippen molar-refractivity contribution >= 4 is 33.2 Å². The van der Waals surface area contributed by atoms with Crippen LogP contribution in [0.4, 0.5) is 5.69 Å². The van der Waals surface area contributed by atoms with Crippen LogP contribution in [0.3, 0.4) is 0 Å². The van der Waals surface area contributed by atoms with E-state index in [9.17, 15) is 0 Å². The first kappa shape index (κ1) is 11.6. The lowest BCUT2D eigenvalue weighted by atomic mass is 10.3. The fourth-order valence-corrected chi connectivity index (χ4v) is 1.58. The minimum Gasteiger partial charge on any atom is -0.385 e. The zero-order chi connectivity index (χ0) is 10.4. The predicted octanol–water partition coefficient (Wildman–Crippen LogP) is 4.48. The molecule has 0 radical (unpaired) electrons. The van der Waals surface area contributed by atoms with Gasteiger partial charge in [0.25, 0.3) is 0 Å². The van der Waals surface area contributed by atoms with Crippen LogP contribution in [0, 0.1) is 0 Å². The molecule has 0 spiro atoms. The van der Waals surface area contributed by atoms with Crippen molar-refractivity contribution in [1.29, 1.82) is 0 Å². The van der Waals surface area contributed by atoms with E-state index in [1.807, 2.05) is 24.3 Å². The molecule has 0 aliphatic rings. The van der Waals surface area contributed by atoms with Crippen molar-refractivity contribution in [3.05, 3.63) is 40.3 Å². The highest BCUT2D eigenvalue weighted by Crippen LogP contribution is 2.25. The second kappa shape index (κ2) is 6.10. The number of anilines is 1. The number of allylic oxidation sites excluding steroid dienone is 1. The molecule has 1 nitrogen and oxygen atoms in total. The van der Waals surface area contributed by atoms with Gasteiger partial charge in [-0.15, -0.1) is 6.58 Å². The van der Waals surface area contributed by atoms with Crippen molar-refractivity contribution in [1.82, 2.24) is 0 Å². The van der Waals surface area contributed by atoms with Crippen molar-refractivity contribution in [3.8, 4) is 0 Å². The van der Waals surface area contributed by atoms with Crippen molar-refractivity contribution in [3.63, 3.8) is 0 Å². The normalized spacial score (nSPS) is 9.86. The smallest absolute Gasteiger partial charge is 0.0549 e. The summed E-state index contributed by atoms with van der Waals surface area (Å²) in [5.41, 5.74) is 1.09. The summed E-state index contributed by atoms with van der Waals surface area (Å²) in [5, 5.41) is 4.05. The summed E-state index contributed by atoms with van der Waals surface area (Å²) in [7, 11) is 0. The molecule has 1 N–H and O–H groups in total. The summed E-state index contributed by atoms with van der Waals surface area (Å²) in [4.78, 5) is 0. The standard InChI is InChI=1S/C11H13BrClN/c1-2-3-4-7-14-9-5-6-11(13)10(12)8-9/h2,5-6,8,14H,1,3-4,7H2. The van der Waals surface area contributed by atoms with Gasteiger partial charge in [0.15, 0.2) is 0 Å². The number of benzene rings is 1. The lowest BCUT2D eigenvalue weighted by Gasteiger charge is -2.06. The van der Waals surface area contributed by atoms with E-state index in [2.05, 4.69) is 27.8 Å². The van der Waals surface area contributed by atoms with Crippen LogP contribution in [0.1, 0.15) is 12.8 Å². The van der Waals surface area contributed by atoms with Crippen LogP contribution in [0.2, 0.25) is 5.02 Å². The molecule has 0 atom stereocenters. The highest BCUT2D eigenvalue weighted by Gasteiger charge is 1.97. The summed E-state index contributed by atoms with van der Waals surface area (Å²) in [6.45, 7) is 4.64. The molecule has 0 bridgehead atoms. The maximum absolute atomic E-state index is 5.88. The molecule has 0 heterocycles. The molecule has 0 unspecified atom stereocenters. The van der Waals surface area contributed by atoms with E-state index < -0.39 is 0 Å². The Balaban J connectivity index is 2.43. The number of nitrogens with one attached hydrogen (secondary N) is 1. The summed E-state index contributed by atoms with van der Waals surface area (Å²) in [6.07, 6.45) is 4.07. The number of rotatable bonds is 5. The minimum absolute atomic E-state index is 0.738. The largest absolute Gasteiger partial charge is 0.385 e. The molecule has 0 amide bonds. The molecular formula is C11H13BrClN. The van der Waals surface area contributed by atoms with Gasteiger partial charge in [-0.25, -0.2) is 0 Å². The maximum atomic E-state index is 5.88. The van der Waals surface area contributed by atoms with E-state index in [0.29, 0.717) is 0 Å². The molecule has 3 heteroatoms. The lowest BCUT2D eigenvalue weighted by molar-refractivity contribution is 0.891. The van der Waals surface area contributed by atoms with Crippen LogP contribution in [0.15, 0.2) is 35.3 Å². The van der Waals surface area contributed by atoms with E-state index in [-0.39, 0.29) is 0 Å². The molecule has 0 saturated carbocycles. The Bertz CT molecular complexity index is 312. The number of halogens is 2. The number of hydrogen-bond donors (Lipinski definition) is 1. The quantitative estimate of drug-likeness (QED) is 0.616. The summed E-state index contributed by atoms with van der Waals surface area (Å²) >= 11 is 9.26. The molecule has 0 aliphatic carbocycles. The fraction of sp³-hybridized carbons (Fsp3) is 0.273. The van der Waals surface area contributed by atoms with Crippen molar-refractivity contribution in [2.45, 2.75) is 12.8 Å². The fourth-order valence-electron chi connectivity index (χ4n) is 1.09. The Morgan fingerprint density at radius 1 is 1.50 bits per heavy atom. The first-order valence-electron chi connectivity index (χ1n) is 4.54. The van der Waals surface area contributed by atoms with E-state index in [0.717, 1.165) is 34.6 Å². The van der Waals surface area contributed by atoms with E-state index in [1.165, 1.54) is 0 Å². The third-order valence-corrected chi connectivity index (χ3v) is 3.05. The van der Waals surface area contributed by atoms with Crippen molar-refractivity contribution in [2.75, 3.05) is 11.9 Å². The van der Waals surface area contributed by atoms with E-state index >= 15 is 0 Å². The highest BCUT2D eigenvalue weighted by molar-refractivity contribution is 9.10. The highest BCUT2D eigenvalue weighted by atomic mass is 79.9. The van der Waals surface area contributed by atoms with Crippen LogP contribution in [-0.4, -0.2) is 6.54 Å². The molecule has 1 aromatic rings. The SMILES string of the molecule is C=CCCCNc1ccc(Cl)c(Br)c1. The predicted molar refractivity (Wildman–Crippen MR) is 67.1 cm³/mol. The summed E-state index contributed by atoms with van der Waals surface area (Å²) in [5.74, 6) is 0. The molecule has 0 aromatic heterocycles. The van der Waals surface area contributed by atoms with E-state index in [1.54, 1.807) is 0 Å². The summed E-state index contributed by atoms with van der Waals surface area (Å²) in [6, 6.07) is 5.83. The Morgan fingerprint density at radius 3 is 2.93 bits per heavy atom. The van der Waals surface area contributed by atoms with Gasteiger partial charge in [-0.2, -0.15) is 0 Å². The molecular weight excluding hydrogens is 261 g/mol. The zero-order valence-electron chi connectivity index (χ0n) is 7.89. The van der Waals surface area contributed by atoms with Gasteiger partial charge in [0, 0.05) is 16.7 Å². The van der Waals surface area contributed by atoms with E-state index in [4.69, 9.17) is 11.6 Å². The number of hydrogen-bond acceptors (Lipinski definition) is 1. The van der Waals surface area contributed by atoms with Crippen molar-refractivity contribution in [2.24, 2.45) is 0 Å². The van der Waals surface area contributed by atoms with Crippen LogP contribution in [0.25, 0.3) is 0 Å². The average Bonchev–Trinajstić information content (AvgIpc) is 2.18. The second-order valence-corrected chi connectivity index (χ2v) is 4.25. The second-order valence-electron chi connectivity index (χ2n) is 2.99. The van der Waals surface area contributed by atoms with Gasteiger partial charge in [-0.05, 0) is 47.0 Å². The third-order valence-electron chi connectivity index (χ3n) is 1.83. The Morgan fingerprint density at radius 2 is 2.29 bits per heavy atom. The molecule has 1 rings (SSSR count). The van der Waals surface area contributed by atoms with Gasteiger partial charge in [-0.3, -0.25) is 0 Å². The zero-order valence-corrected chi connectivity index (χ0v) is 10.2. The maximum Gasteiger partial charge on any atom is 0.0549 e. The molecule has 0 saturated heterocycles. The Kier molecular flexibility index (Phi) is 5.05. The van der Waals surface area contributed by atoms with Gasteiger partial charge >= 0.3 is 0 Å². The molecule has 0 aliphatic heterocycles. The topological polar surface area (TPSA) is 12.0 Å². The van der Waals surface area contributed by atoms with Crippen LogP contribution in [0.5, 0.6) is 0 Å². The van der Waals surface area contributed by atoms with Crippen molar-refractivity contribution < 1.29 is 0 Å². The van der Waals surface area contributed by atoms with Gasteiger partial charge in [-0.1, -0.05) is 17.7 Å². The molecule has 14 heavy (non-hydrogen) atoms. The van der Waals surface area contributed by atoms with Crippen LogP contribution in [-0.2, 0) is 0 Å². The van der Waals surface area contributed by atoms with Gasteiger partial charge in [0.1, 0.15) is 0 Å². The van der Waals surface area contributed by atoms with Crippen LogP contribution < -0.4 is 5.32 Å². The lowest BCUT2D eigenvalue weighted by Crippen LogP contribution is -2.00. The minimum atomic E-state index is 0.738. The van der Waals surface area contributed by atoms with Crippen LogP contribution >= 0.6 is 27.5 Å². The Labute approximate surface area is 98.3 Å². The molecule has 76 valence electrons. The first-order chi connectivity index (χ1) is 6.74. The van der Waals surface area contributed by atoms with Gasteiger partial charge in [0.2, 0.25) is 0 Å². The van der Waals surface area contributed by atoms with Gasteiger partial charge < -0.3 is 5.32 Å². The summed E-state index contributed by atoms with van der Waals surface area (Å²) < 4.78 is 0.924.